The van der Waals surface area contributed by atoms with Gasteiger partial charge in [0, 0.05) is 50.9 Å². The number of allylic oxidation sites excluding steroid dienone is 2. The minimum absolute atomic E-state index is 0.0731. The first-order valence-electron chi connectivity index (χ1n) is 22.7. The van der Waals surface area contributed by atoms with Gasteiger partial charge in [0.05, 0.1) is 43.0 Å². The number of halogens is 13. The molecule has 0 N–H and O–H groups in total. The lowest BCUT2D eigenvalue weighted by atomic mass is 9.81. The molecular formula is C50H33F12IO18S4. The summed E-state index contributed by atoms with van der Waals surface area (Å²) in [6.07, 6.45) is 0. The van der Waals surface area contributed by atoms with Gasteiger partial charge in [-0.2, -0.15) is 86.4 Å². The maximum absolute atomic E-state index is 14.0. The number of Topliss-reactive ketones (excluding diaryl/α,β-unsaturated/α-hetero) is 2. The second kappa shape index (κ2) is 22.7. The van der Waals surface area contributed by atoms with Crippen molar-refractivity contribution in [3.63, 3.8) is 0 Å². The number of methoxy groups -OCH3 is 4. The summed E-state index contributed by atoms with van der Waals surface area (Å²) in [6.45, 7) is 1.24. The van der Waals surface area contributed by atoms with Crippen LogP contribution < -0.4 is 35.7 Å². The molecule has 18 nitrogen and oxygen atoms in total. The minimum Gasteiger partial charge on any atom is -0.496 e. The summed E-state index contributed by atoms with van der Waals surface area (Å²) in [4.78, 5) is 27.7. The van der Waals surface area contributed by atoms with Crippen LogP contribution in [0.15, 0.2) is 100 Å². The summed E-state index contributed by atoms with van der Waals surface area (Å²) >= 11 is 1.14. The van der Waals surface area contributed by atoms with Crippen LogP contribution in [0.3, 0.4) is 0 Å². The highest BCUT2D eigenvalue weighted by Gasteiger charge is 2.54. The second-order valence-electron chi connectivity index (χ2n) is 17.2. The zero-order chi connectivity index (χ0) is 63.7. The van der Waals surface area contributed by atoms with Crippen molar-refractivity contribution in [2.24, 2.45) is 0 Å². The van der Waals surface area contributed by atoms with Crippen LogP contribution in [0, 0.1) is 6.92 Å². The molecule has 0 amide bonds. The lowest BCUT2D eigenvalue weighted by Gasteiger charge is -2.27. The first-order valence-corrected chi connectivity index (χ1v) is 29.4. The fourth-order valence-electron chi connectivity index (χ4n) is 8.43. The first kappa shape index (κ1) is 65.0. The van der Waals surface area contributed by atoms with E-state index < -0.39 is 156 Å². The molecule has 0 radical (unpaired) electrons. The van der Waals surface area contributed by atoms with Crippen LogP contribution in [0.25, 0.3) is 54.6 Å². The Morgan fingerprint density at radius 1 is 0.376 bits per heavy atom. The molecule has 0 bridgehead atoms. The summed E-state index contributed by atoms with van der Waals surface area (Å²) in [5.41, 5.74) is -31.3. The number of ether oxygens (including phenoxy) is 4. The van der Waals surface area contributed by atoms with Gasteiger partial charge in [0.15, 0.2) is 28.8 Å². The molecule has 0 saturated heterocycles. The van der Waals surface area contributed by atoms with E-state index >= 15 is 0 Å². The molecule has 0 unspecified atom stereocenters. The lowest BCUT2D eigenvalue weighted by Crippen LogP contribution is -2.30. The van der Waals surface area contributed by atoms with Crippen LogP contribution >= 0.6 is 22.6 Å². The van der Waals surface area contributed by atoms with Crippen molar-refractivity contribution in [3.8, 4) is 68.2 Å². The lowest BCUT2D eigenvalue weighted by molar-refractivity contribution is -0.0506. The Labute approximate surface area is 485 Å². The maximum Gasteiger partial charge on any atom is 0.534 e. The molecule has 0 aromatic heterocycles. The molecule has 35 heteroatoms. The van der Waals surface area contributed by atoms with Crippen LogP contribution in [0.2, 0.25) is 0 Å². The number of hydrogen-bond acceptors (Lipinski definition) is 18. The third-order valence-corrected chi connectivity index (χ3v) is 17.2. The Bertz CT molecular complexity index is 4360. The Hall–Kier alpha value is -7.51. The summed E-state index contributed by atoms with van der Waals surface area (Å²) in [6, 6.07) is 24.9. The molecule has 0 atom stereocenters. The molecule has 85 heavy (non-hydrogen) atoms. The summed E-state index contributed by atoms with van der Waals surface area (Å²) in [5.74, 6) is -11.9. The number of carbonyl (C=O) groups is 2. The highest BCUT2D eigenvalue weighted by molar-refractivity contribution is 14.1. The Morgan fingerprint density at radius 3 is 1.15 bits per heavy atom. The molecule has 0 spiro atoms. The van der Waals surface area contributed by atoms with Gasteiger partial charge in [0.25, 0.3) is 0 Å². The van der Waals surface area contributed by atoms with Crippen LogP contribution in [-0.4, -0.2) is 95.7 Å². The number of hydrogen-bond donors (Lipinski definition) is 0. The summed E-state index contributed by atoms with van der Waals surface area (Å²) < 4.78 is 300. The molecule has 0 fully saturated rings. The Balaban J connectivity index is 0.000000354. The molecule has 1 aliphatic carbocycles. The molecule has 0 saturated carbocycles. The van der Waals surface area contributed by atoms with Crippen LogP contribution in [0.4, 0.5) is 52.7 Å². The van der Waals surface area contributed by atoms with Gasteiger partial charge in [0.2, 0.25) is 5.78 Å². The van der Waals surface area contributed by atoms with Crippen molar-refractivity contribution >= 4 is 107 Å². The van der Waals surface area contributed by atoms with Gasteiger partial charge in [-0.25, -0.2) is 0 Å². The number of aryl methyl sites for hydroxylation is 1. The van der Waals surface area contributed by atoms with Gasteiger partial charge in [-0.15, -0.1) is 0 Å². The molecule has 0 aliphatic heterocycles. The van der Waals surface area contributed by atoms with Gasteiger partial charge >= 0.3 is 62.5 Å². The van der Waals surface area contributed by atoms with E-state index in [1.54, 1.807) is 14.2 Å². The molecular weight excluding hydrogens is 1370 g/mol. The number of fused-ring (bicyclic) bond motifs is 4. The third-order valence-electron chi connectivity index (χ3n) is 12.1. The van der Waals surface area contributed by atoms with Crippen LogP contribution in [-0.2, 0) is 40.5 Å². The number of ketones is 2. The normalized spacial score (nSPS) is 13.7. The van der Waals surface area contributed by atoms with Crippen molar-refractivity contribution in [3.05, 3.63) is 117 Å². The largest absolute Gasteiger partial charge is 0.534 e. The molecule has 0 heterocycles. The molecule has 8 rings (SSSR count). The van der Waals surface area contributed by atoms with E-state index in [1.165, 1.54) is 10.8 Å². The molecule has 456 valence electrons. The topological polar surface area (TPSA) is 245 Å². The predicted octanol–water partition coefficient (Wildman–Crippen LogP) is 12.5. The Morgan fingerprint density at radius 2 is 0.741 bits per heavy atom. The maximum atomic E-state index is 14.0. The van der Waals surface area contributed by atoms with E-state index in [4.69, 9.17) is 18.9 Å². The number of rotatable bonds is 14. The van der Waals surface area contributed by atoms with Gasteiger partial charge in [0.1, 0.15) is 23.0 Å². The van der Waals surface area contributed by atoms with E-state index in [2.05, 4.69) is 77.4 Å². The fourth-order valence-corrected chi connectivity index (χ4v) is 10.9. The SMILES string of the molecule is COc1cc(OS(=O)(=O)C(F)(F)F)c2c(c1-c1c(OC)cc(OS(=O)(=O)C(F)(F)F)c3c(OS(=O)(=O)C(F)(F)F)c(C)cc(OS(=O)(=O)C(F)(F)F)c13)C(=O)C(C)=C(I)C2=O.COc1ccc2ccccc2c1-c1c(OC)ccc2ccccc12. The van der Waals surface area contributed by atoms with Crippen molar-refractivity contribution in [1.82, 2.24) is 0 Å². The van der Waals surface area contributed by atoms with Crippen LogP contribution in [0.5, 0.6) is 46.0 Å². The van der Waals surface area contributed by atoms with Gasteiger partial charge in [-0.05, 0) is 81.7 Å². The van der Waals surface area contributed by atoms with Crippen molar-refractivity contribution in [2.45, 2.75) is 35.9 Å². The van der Waals surface area contributed by atoms with Crippen molar-refractivity contribution in [1.29, 1.82) is 0 Å². The fraction of sp³-hybridized carbons (Fsp3) is 0.200. The molecule has 1 aliphatic rings. The summed E-state index contributed by atoms with van der Waals surface area (Å²) in [7, 11) is -23.7. The predicted molar refractivity (Wildman–Crippen MR) is 285 cm³/mol. The average Bonchev–Trinajstić information content (AvgIpc) is 1.14. The van der Waals surface area contributed by atoms with E-state index in [0.29, 0.717) is 21.1 Å². The average molecular weight is 1400 g/mol. The Kier molecular flexibility index (Phi) is 17.4. The standard InChI is InChI=1S/C28H15F12IO16S4.C22H18O2/c1-8-5-12(54-58(44,45)25(29,30)31)17-15(10(52-3)7-14(56-60(48,49)27(35,36)37)19(17)24(8)57-61(50,51)28(38,39)40)16-11(53-4)6-13(55-59(46,47)26(32,33)34)18-20(16)22(42)9(2)21(41)23(18)43;1-23-19-13-11-15-7-3-5-9-17(15)21(19)22-18-10-6-4-8-16(18)12-14-20(22)24-2/h5-7H,1-4H3;3-14H,1-2H3. The number of carbonyl (C=O) groups excluding carboxylic acids is 2. The van der Waals surface area contributed by atoms with E-state index in [-0.39, 0.29) is 18.2 Å². The van der Waals surface area contributed by atoms with Crippen molar-refractivity contribution in [2.75, 3.05) is 28.4 Å². The quantitative estimate of drug-likeness (QED) is 0.0425. The van der Waals surface area contributed by atoms with Crippen molar-refractivity contribution < 1.29 is 132 Å². The third kappa shape index (κ3) is 11.9. The van der Waals surface area contributed by atoms with E-state index in [9.17, 15) is 95.9 Å². The molecule has 7 aromatic carbocycles. The minimum atomic E-state index is -7.13. The smallest absolute Gasteiger partial charge is 0.496 e. The number of benzene rings is 7. The zero-order valence-corrected chi connectivity index (χ0v) is 48.5. The molecule has 7 aromatic rings. The monoisotopic (exact) mass is 1400 g/mol. The zero-order valence-electron chi connectivity index (χ0n) is 43.1. The van der Waals surface area contributed by atoms with Gasteiger partial charge < -0.3 is 35.7 Å². The first-order chi connectivity index (χ1) is 39.1. The van der Waals surface area contributed by atoms with Gasteiger partial charge in [-0.1, -0.05) is 60.7 Å². The van der Waals surface area contributed by atoms with Crippen LogP contribution in [0.1, 0.15) is 33.2 Å². The second-order valence-corrected chi connectivity index (χ2v) is 24.4. The summed E-state index contributed by atoms with van der Waals surface area (Å²) in [5, 5.41) is 0.845. The highest BCUT2D eigenvalue weighted by Crippen LogP contribution is 2.57. The highest BCUT2D eigenvalue weighted by atomic mass is 127. The van der Waals surface area contributed by atoms with E-state index in [0.717, 1.165) is 62.9 Å². The van der Waals surface area contributed by atoms with E-state index in [1.807, 2.05) is 12.1 Å². The van der Waals surface area contributed by atoms with Gasteiger partial charge in [-0.3, -0.25) is 9.59 Å². The number of alkyl halides is 12.